The summed E-state index contributed by atoms with van der Waals surface area (Å²) in [6.07, 6.45) is -1.000. The van der Waals surface area contributed by atoms with Crippen LogP contribution in [0.5, 0.6) is 0 Å². The summed E-state index contributed by atoms with van der Waals surface area (Å²) < 4.78 is 5.12. The minimum Gasteiger partial charge on any atom is -0.451 e. The number of carbonyl (C=O) groups excluding carboxylic acids is 3. The Balaban J connectivity index is 1.53. The maximum Gasteiger partial charge on any atom is 0.326 e. The Kier molecular flexibility index (Phi) is 6.01. The van der Waals surface area contributed by atoms with Gasteiger partial charge < -0.3 is 15.4 Å². The van der Waals surface area contributed by atoms with Gasteiger partial charge in [-0.1, -0.05) is 54.6 Å². The lowest BCUT2D eigenvalue weighted by atomic mass is 10.1. The number of nitrogens with one attached hydrogen (secondary N) is 2. The van der Waals surface area contributed by atoms with Crippen molar-refractivity contribution in [3.05, 3.63) is 78.4 Å². The van der Waals surface area contributed by atoms with Crippen LogP contribution in [0.15, 0.2) is 72.8 Å². The van der Waals surface area contributed by atoms with Gasteiger partial charge >= 0.3 is 5.97 Å². The number of hydrogen-bond donors (Lipinski definition) is 2. The first-order valence-electron chi connectivity index (χ1n) is 8.86. The fraction of sp³-hybridized carbons (Fsp3) is 0.136. The molecule has 3 aromatic carbocycles. The Hall–Kier alpha value is -3.67. The molecule has 1 atom stereocenters. The highest BCUT2D eigenvalue weighted by atomic mass is 16.5. The first-order valence-corrected chi connectivity index (χ1v) is 8.86. The fourth-order valence-corrected chi connectivity index (χ4v) is 2.71. The van der Waals surface area contributed by atoms with Crippen molar-refractivity contribution in [2.45, 2.75) is 13.0 Å². The summed E-state index contributed by atoms with van der Waals surface area (Å²) in [5.74, 6) is -1.52. The van der Waals surface area contributed by atoms with E-state index in [-0.39, 0.29) is 12.5 Å². The molecule has 0 aliphatic rings. The number of anilines is 1. The number of carbonyl (C=O) groups is 3. The first kappa shape index (κ1) is 19.1. The molecule has 3 aromatic rings. The SMILES string of the molecule is C[C@H](OC(=O)CNC(=O)c1ccccc1)C(=O)Nc1cccc2ccccc12. The molecule has 0 bridgehead atoms. The first-order chi connectivity index (χ1) is 13.5. The topological polar surface area (TPSA) is 84.5 Å². The number of fused-ring (bicyclic) bond motifs is 1. The molecule has 2 N–H and O–H groups in total. The van der Waals surface area contributed by atoms with Crippen LogP contribution in [0.25, 0.3) is 10.8 Å². The predicted molar refractivity (Wildman–Crippen MR) is 107 cm³/mol. The Morgan fingerprint density at radius 2 is 1.57 bits per heavy atom. The third kappa shape index (κ3) is 4.73. The van der Waals surface area contributed by atoms with Gasteiger partial charge in [0, 0.05) is 16.6 Å². The molecule has 0 saturated carbocycles. The number of amides is 2. The van der Waals surface area contributed by atoms with Crippen molar-refractivity contribution in [3.8, 4) is 0 Å². The Morgan fingerprint density at radius 3 is 2.36 bits per heavy atom. The average Bonchev–Trinajstić information content (AvgIpc) is 2.73. The molecule has 0 unspecified atom stereocenters. The van der Waals surface area contributed by atoms with Crippen molar-refractivity contribution in [1.82, 2.24) is 5.32 Å². The fourth-order valence-electron chi connectivity index (χ4n) is 2.71. The molecule has 0 spiro atoms. The molecular weight excluding hydrogens is 356 g/mol. The molecule has 0 radical (unpaired) electrons. The van der Waals surface area contributed by atoms with Gasteiger partial charge in [-0.2, -0.15) is 0 Å². The highest BCUT2D eigenvalue weighted by Crippen LogP contribution is 2.23. The van der Waals surface area contributed by atoms with Crippen molar-refractivity contribution < 1.29 is 19.1 Å². The molecule has 0 fully saturated rings. The number of esters is 1. The van der Waals surface area contributed by atoms with Gasteiger partial charge in [0.25, 0.3) is 11.8 Å². The summed E-state index contributed by atoms with van der Waals surface area (Å²) in [7, 11) is 0. The van der Waals surface area contributed by atoms with E-state index in [0.717, 1.165) is 10.8 Å². The Morgan fingerprint density at radius 1 is 0.893 bits per heavy atom. The number of hydrogen-bond acceptors (Lipinski definition) is 4. The minimum atomic E-state index is -1.000. The van der Waals surface area contributed by atoms with Crippen molar-refractivity contribution in [2.75, 3.05) is 11.9 Å². The van der Waals surface area contributed by atoms with E-state index in [1.165, 1.54) is 6.92 Å². The molecule has 6 nitrogen and oxygen atoms in total. The largest absolute Gasteiger partial charge is 0.451 e. The minimum absolute atomic E-state index is 0.320. The summed E-state index contributed by atoms with van der Waals surface area (Å²) in [4.78, 5) is 36.3. The van der Waals surface area contributed by atoms with E-state index in [1.54, 1.807) is 36.4 Å². The normalized spacial score (nSPS) is 11.5. The molecule has 0 aliphatic heterocycles. The monoisotopic (exact) mass is 376 g/mol. The molecule has 142 valence electrons. The molecule has 6 heteroatoms. The van der Waals surface area contributed by atoms with E-state index in [0.29, 0.717) is 11.3 Å². The maximum atomic E-state index is 12.4. The van der Waals surface area contributed by atoms with E-state index >= 15 is 0 Å². The smallest absolute Gasteiger partial charge is 0.326 e. The Labute approximate surface area is 162 Å². The summed E-state index contributed by atoms with van der Waals surface area (Å²) in [5.41, 5.74) is 1.08. The standard InChI is InChI=1S/C22H20N2O4/c1-15(28-20(25)14-23-22(27)17-9-3-2-4-10-17)21(26)24-19-13-7-11-16-8-5-6-12-18(16)19/h2-13,15H,14H2,1H3,(H,23,27)(H,24,26)/t15-/m0/s1. The second kappa shape index (κ2) is 8.81. The zero-order chi connectivity index (χ0) is 19.9. The van der Waals surface area contributed by atoms with Crippen LogP contribution >= 0.6 is 0 Å². The van der Waals surface area contributed by atoms with Crippen LogP contribution in [0.2, 0.25) is 0 Å². The lowest BCUT2D eigenvalue weighted by Gasteiger charge is -2.15. The summed E-state index contributed by atoms with van der Waals surface area (Å²) in [5, 5.41) is 7.14. The van der Waals surface area contributed by atoms with Crippen molar-refractivity contribution in [1.29, 1.82) is 0 Å². The van der Waals surface area contributed by atoms with Crippen LogP contribution in [0.1, 0.15) is 17.3 Å². The van der Waals surface area contributed by atoms with Gasteiger partial charge in [-0.3, -0.25) is 14.4 Å². The molecule has 0 saturated heterocycles. The van der Waals surface area contributed by atoms with Crippen LogP contribution < -0.4 is 10.6 Å². The van der Waals surface area contributed by atoms with Crippen LogP contribution in [0.4, 0.5) is 5.69 Å². The second-order valence-corrected chi connectivity index (χ2v) is 6.20. The predicted octanol–water partition coefficient (Wildman–Crippen LogP) is 3.14. The van der Waals surface area contributed by atoms with Crippen LogP contribution in [-0.2, 0) is 14.3 Å². The van der Waals surface area contributed by atoms with Crippen molar-refractivity contribution in [3.63, 3.8) is 0 Å². The third-order valence-electron chi connectivity index (χ3n) is 4.15. The molecule has 0 heterocycles. The zero-order valence-corrected chi connectivity index (χ0v) is 15.3. The summed E-state index contributed by atoms with van der Waals surface area (Å²) >= 11 is 0. The number of benzene rings is 3. The second-order valence-electron chi connectivity index (χ2n) is 6.20. The Bertz CT molecular complexity index is 996. The maximum absolute atomic E-state index is 12.4. The van der Waals surface area contributed by atoms with E-state index in [4.69, 9.17) is 4.74 Å². The quantitative estimate of drug-likeness (QED) is 0.648. The third-order valence-corrected chi connectivity index (χ3v) is 4.15. The van der Waals surface area contributed by atoms with Crippen LogP contribution in [-0.4, -0.2) is 30.4 Å². The van der Waals surface area contributed by atoms with E-state index in [9.17, 15) is 14.4 Å². The van der Waals surface area contributed by atoms with Crippen molar-refractivity contribution in [2.24, 2.45) is 0 Å². The van der Waals surface area contributed by atoms with E-state index in [1.807, 2.05) is 36.4 Å². The van der Waals surface area contributed by atoms with Gasteiger partial charge in [-0.25, -0.2) is 0 Å². The molecule has 3 rings (SSSR count). The van der Waals surface area contributed by atoms with Gasteiger partial charge in [0.2, 0.25) is 0 Å². The van der Waals surface area contributed by atoms with Crippen LogP contribution in [0.3, 0.4) is 0 Å². The van der Waals surface area contributed by atoms with Gasteiger partial charge in [0.05, 0.1) is 0 Å². The molecule has 0 aliphatic carbocycles. The number of rotatable bonds is 6. The van der Waals surface area contributed by atoms with E-state index in [2.05, 4.69) is 10.6 Å². The zero-order valence-electron chi connectivity index (χ0n) is 15.3. The molecular formula is C22H20N2O4. The average molecular weight is 376 g/mol. The van der Waals surface area contributed by atoms with E-state index < -0.39 is 18.0 Å². The summed E-state index contributed by atoms with van der Waals surface area (Å²) in [6, 6.07) is 21.8. The van der Waals surface area contributed by atoms with Gasteiger partial charge in [-0.05, 0) is 30.5 Å². The molecule has 2 amide bonds. The molecule has 0 aromatic heterocycles. The van der Waals surface area contributed by atoms with Crippen molar-refractivity contribution >= 4 is 34.2 Å². The lowest BCUT2D eigenvalue weighted by molar-refractivity contribution is -0.152. The highest BCUT2D eigenvalue weighted by molar-refractivity contribution is 6.04. The number of ether oxygens (including phenoxy) is 1. The lowest BCUT2D eigenvalue weighted by Crippen LogP contribution is -2.35. The highest BCUT2D eigenvalue weighted by Gasteiger charge is 2.19. The molecule has 28 heavy (non-hydrogen) atoms. The van der Waals surface area contributed by atoms with Gasteiger partial charge in [0.1, 0.15) is 6.54 Å². The summed E-state index contributed by atoms with van der Waals surface area (Å²) in [6.45, 7) is 1.16. The van der Waals surface area contributed by atoms with Gasteiger partial charge in [0.15, 0.2) is 6.10 Å². The van der Waals surface area contributed by atoms with Crippen LogP contribution in [0, 0.1) is 0 Å². The van der Waals surface area contributed by atoms with Gasteiger partial charge in [-0.15, -0.1) is 0 Å².